The summed E-state index contributed by atoms with van der Waals surface area (Å²) in [6.45, 7) is -2.45. The van der Waals surface area contributed by atoms with Gasteiger partial charge >= 0.3 is 6.55 Å². The zero-order valence-corrected chi connectivity index (χ0v) is 15.9. The third-order valence-electron chi connectivity index (χ3n) is 5.62. The molecule has 6 nitrogen and oxygen atoms in total. The molecule has 0 bridgehead atoms. The molecule has 0 saturated heterocycles. The first-order chi connectivity index (χ1) is 13.6. The van der Waals surface area contributed by atoms with Crippen LogP contribution < -0.4 is 15.4 Å². The van der Waals surface area contributed by atoms with Crippen molar-refractivity contribution in [2.75, 3.05) is 7.05 Å². The lowest BCUT2D eigenvalue weighted by molar-refractivity contribution is 0.0395. The van der Waals surface area contributed by atoms with E-state index in [0.29, 0.717) is 5.96 Å². The molecule has 2 aromatic rings. The van der Waals surface area contributed by atoms with E-state index in [1.807, 2.05) is 18.2 Å². The number of ether oxygens (including phenoxy) is 1. The van der Waals surface area contributed by atoms with Gasteiger partial charge < -0.3 is 15.4 Å². The van der Waals surface area contributed by atoms with E-state index in [9.17, 15) is 8.78 Å². The largest absolute Gasteiger partial charge is 0.487 e. The highest BCUT2D eigenvalue weighted by atomic mass is 19.3. The Labute approximate surface area is 163 Å². The van der Waals surface area contributed by atoms with Gasteiger partial charge in [0.1, 0.15) is 17.2 Å². The number of benzene rings is 1. The van der Waals surface area contributed by atoms with E-state index < -0.39 is 6.55 Å². The van der Waals surface area contributed by atoms with Crippen LogP contribution in [0.25, 0.3) is 0 Å². The molecule has 28 heavy (non-hydrogen) atoms. The van der Waals surface area contributed by atoms with Gasteiger partial charge in [-0.2, -0.15) is 8.78 Å². The molecule has 2 N–H and O–H groups in total. The summed E-state index contributed by atoms with van der Waals surface area (Å²) in [7, 11) is 1.67. The minimum absolute atomic E-state index is 0.0455. The van der Waals surface area contributed by atoms with E-state index in [1.165, 1.54) is 25.2 Å². The Kier molecular flexibility index (Phi) is 5.19. The summed E-state index contributed by atoms with van der Waals surface area (Å²) >= 11 is 0. The Morgan fingerprint density at radius 2 is 2.14 bits per heavy atom. The molecule has 1 atom stereocenters. The van der Waals surface area contributed by atoms with Crippen molar-refractivity contribution in [1.29, 1.82) is 0 Å². The first kappa shape index (κ1) is 18.7. The van der Waals surface area contributed by atoms with Crippen molar-refractivity contribution in [2.24, 2.45) is 4.99 Å². The molecule has 8 heteroatoms. The number of guanidine groups is 1. The third kappa shape index (κ3) is 3.68. The van der Waals surface area contributed by atoms with Gasteiger partial charge in [0.25, 0.3) is 0 Å². The zero-order chi connectivity index (χ0) is 19.6. The summed E-state index contributed by atoms with van der Waals surface area (Å²) in [4.78, 5) is 8.28. The molecule has 1 spiro atoms. The second-order valence-electron chi connectivity index (χ2n) is 7.39. The van der Waals surface area contributed by atoms with Gasteiger partial charge in [-0.05, 0) is 31.7 Å². The number of imidazole rings is 1. The molecule has 2 aliphatic rings. The van der Waals surface area contributed by atoms with E-state index in [4.69, 9.17) is 4.74 Å². The maximum absolute atomic E-state index is 13.0. The molecular formula is C20H25F2N5O. The Morgan fingerprint density at radius 3 is 2.89 bits per heavy atom. The van der Waals surface area contributed by atoms with E-state index in [0.717, 1.165) is 35.1 Å². The number of rotatable bonds is 4. The predicted octanol–water partition coefficient (Wildman–Crippen LogP) is 3.78. The number of hydrogen-bond acceptors (Lipinski definition) is 3. The average Bonchev–Trinajstić information content (AvgIpc) is 3.34. The highest BCUT2D eigenvalue weighted by molar-refractivity contribution is 5.80. The summed E-state index contributed by atoms with van der Waals surface area (Å²) in [6.07, 6.45) is 7.97. The normalized spacial score (nSPS) is 20.9. The van der Waals surface area contributed by atoms with Crippen LogP contribution in [0, 0.1) is 0 Å². The number of aliphatic imine (C=N–C) groups is 1. The second kappa shape index (κ2) is 7.77. The Morgan fingerprint density at radius 1 is 1.36 bits per heavy atom. The minimum Gasteiger partial charge on any atom is -0.487 e. The van der Waals surface area contributed by atoms with Crippen LogP contribution in [0.4, 0.5) is 8.78 Å². The molecule has 1 aliphatic heterocycles. The van der Waals surface area contributed by atoms with E-state index in [-0.39, 0.29) is 24.0 Å². The molecule has 0 amide bonds. The van der Waals surface area contributed by atoms with Crippen LogP contribution in [0.3, 0.4) is 0 Å². The van der Waals surface area contributed by atoms with Crippen LogP contribution >= 0.6 is 0 Å². The first-order valence-corrected chi connectivity index (χ1v) is 9.65. The minimum atomic E-state index is -2.61. The number of alkyl halides is 2. The van der Waals surface area contributed by atoms with E-state index in [2.05, 4.69) is 26.7 Å². The molecule has 1 aromatic carbocycles. The average molecular weight is 389 g/mol. The lowest BCUT2D eigenvalue weighted by atomic mass is 9.86. The fourth-order valence-electron chi connectivity index (χ4n) is 4.25. The van der Waals surface area contributed by atoms with Gasteiger partial charge in [-0.25, -0.2) is 4.98 Å². The third-order valence-corrected chi connectivity index (χ3v) is 5.62. The molecule has 150 valence electrons. The number of aromatic nitrogens is 2. The SMILES string of the molecule is CN=C(NCc1nccn1C(F)F)NC1CC2(CCCC2)Oc2ccccc21. The number of nitrogens with one attached hydrogen (secondary N) is 2. The zero-order valence-electron chi connectivity index (χ0n) is 15.9. The summed E-state index contributed by atoms with van der Waals surface area (Å²) in [5.74, 6) is 1.73. The van der Waals surface area contributed by atoms with Crippen LogP contribution in [0.2, 0.25) is 0 Å². The van der Waals surface area contributed by atoms with Crippen LogP contribution in [0.15, 0.2) is 41.7 Å². The Balaban J connectivity index is 1.49. The van der Waals surface area contributed by atoms with E-state index in [1.54, 1.807) is 7.05 Å². The fourth-order valence-corrected chi connectivity index (χ4v) is 4.25. The van der Waals surface area contributed by atoms with Crippen molar-refractivity contribution in [3.63, 3.8) is 0 Å². The van der Waals surface area contributed by atoms with Crippen molar-refractivity contribution < 1.29 is 13.5 Å². The fraction of sp³-hybridized carbons (Fsp3) is 0.500. The molecule has 1 unspecified atom stereocenters. The van der Waals surface area contributed by atoms with Crippen LogP contribution in [-0.2, 0) is 6.54 Å². The number of fused-ring (bicyclic) bond motifs is 1. The van der Waals surface area contributed by atoms with Gasteiger partial charge in [-0.1, -0.05) is 18.2 Å². The monoisotopic (exact) mass is 389 g/mol. The lowest BCUT2D eigenvalue weighted by Crippen LogP contribution is -2.46. The highest BCUT2D eigenvalue weighted by Crippen LogP contribution is 2.46. The Hall–Kier alpha value is -2.64. The molecule has 2 heterocycles. The highest BCUT2D eigenvalue weighted by Gasteiger charge is 2.43. The number of para-hydroxylation sites is 1. The summed E-state index contributed by atoms with van der Waals surface area (Å²) < 4.78 is 33.3. The molecule has 0 radical (unpaired) electrons. The molecule has 1 fully saturated rings. The number of hydrogen-bond donors (Lipinski definition) is 2. The quantitative estimate of drug-likeness (QED) is 0.617. The van der Waals surface area contributed by atoms with Gasteiger partial charge in [0.15, 0.2) is 5.96 Å². The standard InChI is InChI=1S/C20H25F2N5O/c1-23-19(25-13-17-24-10-11-27(17)18(21)22)26-15-12-20(8-4-5-9-20)28-16-7-3-2-6-14(15)16/h2-3,6-7,10-11,15,18H,4-5,8-9,12-13H2,1H3,(H2,23,25,26). The van der Waals surface area contributed by atoms with Gasteiger partial charge in [0.2, 0.25) is 0 Å². The number of halogens is 2. The molecule has 4 rings (SSSR count). The molecule has 1 aromatic heterocycles. The molecule has 1 saturated carbocycles. The van der Waals surface area contributed by atoms with Gasteiger partial charge in [-0.15, -0.1) is 0 Å². The summed E-state index contributed by atoms with van der Waals surface area (Å²) in [6, 6.07) is 8.11. The van der Waals surface area contributed by atoms with Gasteiger partial charge in [0, 0.05) is 31.4 Å². The van der Waals surface area contributed by atoms with Crippen LogP contribution in [0.1, 0.15) is 56.1 Å². The summed E-state index contributed by atoms with van der Waals surface area (Å²) in [5, 5.41) is 6.56. The topological polar surface area (TPSA) is 63.5 Å². The van der Waals surface area contributed by atoms with Crippen LogP contribution in [0.5, 0.6) is 5.75 Å². The van der Waals surface area contributed by atoms with Crippen molar-refractivity contribution in [3.8, 4) is 5.75 Å². The van der Waals surface area contributed by atoms with E-state index >= 15 is 0 Å². The van der Waals surface area contributed by atoms with Crippen molar-refractivity contribution >= 4 is 5.96 Å². The lowest BCUT2D eigenvalue weighted by Gasteiger charge is -2.40. The molecule has 1 aliphatic carbocycles. The Bertz CT molecular complexity index is 845. The smallest absolute Gasteiger partial charge is 0.319 e. The second-order valence-corrected chi connectivity index (χ2v) is 7.39. The van der Waals surface area contributed by atoms with Crippen molar-refractivity contribution in [3.05, 3.63) is 48.0 Å². The maximum Gasteiger partial charge on any atom is 0.319 e. The van der Waals surface area contributed by atoms with Crippen LogP contribution in [-0.4, -0.2) is 28.2 Å². The van der Waals surface area contributed by atoms with Crippen molar-refractivity contribution in [1.82, 2.24) is 20.2 Å². The maximum atomic E-state index is 13.0. The van der Waals surface area contributed by atoms with Gasteiger partial charge in [-0.3, -0.25) is 9.56 Å². The molecular weight excluding hydrogens is 364 g/mol. The number of nitrogens with zero attached hydrogens (tertiary/aromatic N) is 3. The summed E-state index contributed by atoms with van der Waals surface area (Å²) in [5.41, 5.74) is 0.966. The van der Waals surface area contributed by atoms with Crippen molar-refractivity contribution in [2.45, 2.75) is 56.8 Å². The first-order valence-electron chi connectivity index (χ1n) is 9.65. The van der Waals surface area contributed by atoms with Gasteiger partial charge in [0.05, 0.1) is 12.6 Å². The predicted molar refractivity (Wildman–Crippen MR) is 102 cm³/mol.